The lowest BCUT2D eigenvalue weighted by molar-refractivity contribution is 0.0910. The van der Waals surface area contributed by atoms with E-state index in [0.717, 1.165) is 34.8 Å². The Morgan fingerprint density at radius 2 is 2.27 bits per heavy atom. The first-order valence-electron chi connectivity index (χ1n) is 8.82. The molecule has 0 spiro atoms. The van der Waals surface area contributed by atoms with Crippen LogP contribution in [0.15, 0.2) is 24.4 Å². The molecule has 4 rings (SSSR count). The third-order valence-electron chi connectivity index (χ3n) is 4.74. The number of amides is 1. The van der Waals surface area contributed by atoms with Gasteiger partial charge in [0.1, 0.15) is 5.69 Å². The summed E-state index contributed by atoms with van der Waals surface area (Å²) in [5.41, 5.74) is 3.86. The minimum atomic E-state index is -0.0890. The SMILES string of the molecule is Cc1cc(C)c2sc(N(CC3CCCO3)C(=O)c3ccnn3C)nc2c1. The number of aryl methyl sites for hydroxylation is 3. The Labute approximate surface area is 156 Å². The number of rotatable bonds is 4. The predicted molar refractivity (Wildman–Crippen MR) is 103 cm³/mol. The fourth-order valence-corrected chi connectivity index (χ4v) is 4.47. The highest BCUT2D eigenvalue weighted by Gasteiger charge is 2.28. The van der Waals surface area contributed by atoms with Gasteiger partial charge in [-0.2, -0.15) is 5.10 Å². The van der Waals surface area contributed by atoms with Gasteiger partial charge in [-0.05, 0) is 49.9 Å². The van der Waals surface area contributed by atoms with Gasteiger partial charge in [0.15, 0.2) is 5.13 Å². The Balaban J connectivity index is 1.75. The van der Waals surface area contributed by atoms with E-state index in [-0.39, 0.29) is 12.0 Å². The number of thiazole rings is 1. The predicted octanol–water partition coefficient (Wildman–Crippen LogP) is 3.47. The second kappa shape index (κ2) is 6.81. The highest BCUT2D eigenvalue weighted by atomic mass is 32.1. The number of fused-ring (bicyclic) bond motifs is 1. The van der Waals surface area contributed by atoms with Crippen molar-refractivity contribution in [3.8, 4) is 0 Å². The number of ether oxygens (including phenoxy) is 1. The van der Waals surface area contributed by atoms with Crippen LogP contribution >= 0.6 is 11.3 Å². The molecule has 136 valence electrons. The average Bonchev–Trinajstić information content (AvgIpc) is 3.32. The van der Waals surface area contributed by atoms with Crippen LogP contribution in [0.3, 0.4) is 0 Å². The van der Waals surface area contributed by atoms with Crippen molar-refractivity contribution in [2.24, 2.45) is 7.05 Å². The fourth-order valence-electron chi connectivity index (χ4n) is 3.44. The molecule has 1 unspecified atom stereocenters. The summed E-state index contributed by atoms with van der Waals surface area (Å²) in [7, 11) is 1.78. The highest BCUT2D eigenvalue weighted by Crippen LogP contribution is 2.33. The van der Waals surface area contributed by atoms with E-state index >= 15 is 0 Å². The van der Waals surface area contributed by atoms with Gasteiger partial charge in [0.2, 0.25) is 0 Å². The Hall–Kier alpha value is -2.25. The van der Waals surface area contributed by atoms with Crippen molar-refractivity contribution < 1.29 is 9.53 Å². The molecule has 6 nitrogen and oxygen atoms in total. The molecule has 1 amide bonds. The van der Waals surface area contributed by atoms with Crippen molar-refractivity contribution in [1.82, 2.24) is 14.8 Å². The summed E-state index contributed by atoms with van der Waals surface area (Å²) >= 11 is 1.56. The molecule has 0 saturated carbocycles. The van der Waals surface area contributed by atoms with Gasteiger partial charge >= 0.3 is 0 Å². The maximum absolute atomic E-state index is 13.2. The molecule has 1 fully saturated rings. The van der Waals surface area contributed by atoms with Gasteiger partial charge in [-0.1, -0.05) is 17.4 Å². The summed E-state index contributed by atoms with van der Waals surface area (Å²) in [5.74, 6) is -0.0890. The maximum atomic E-state index is 13.2. The molecule has 3 heterocycles. The number of aromatic nitrogens is 3. The van der Waals surface area contributed by atoms with Crippen molar-refractivity contribution >= 4 is 32.6 Å². The van der Waals surface area contributed by atoms with Crippen LogP contribution in [0.1, 0.15) is 34.5 Å². The van der Waals surface area contributed by atoms with Crippen LogP contribution in [0, 0.1) is 13.8 Å². The Kier molecular flexibility index (Phi) is 4.50. The Bertz CT molecular complexity index is 956. The van der Waals surface area contributed by atoms with E-state index in [0.29, 0.717) is 12.2 Å². The van der Waals surface area contributed by atoms with Crippen LogP contribution in [0.5, 0.6) is 0 Å². The molecule has 26 heavy (non-hydrogen) atoms. The number of carbonyl (C=O) groups excluding carboxylic acids is 1. The lowest BCUT2D eigenvalue weighted by Crippen LogP contribution is -2.38. The van der Waals surface area contributed by atoms with Crippen molar-refractivity contribution in [2.45, 2.75) is 32.8 Å². The molecule has 1 atom stereocenters. The molecule has 2 aromatic heterocycles. The maximum Gasteiger partial charge on any atom is 0.278 e. The third kappa shape index (κ3) is 3.12. The first-order valence-corrected chi connectivity index (χ1v) is 9.64. The third-order valence-corrected chi connectivity index (χ3v) is 5.96. The van der Waals surface area contributed by atoms with E-state index in [2.05, 4.69) is 31.1 Å². The van der Waals surface area contributed by atoms with Crippen LogP contribution in [0.4, 0.5) is 5.13 Å². The normalized spacial score (nSPS) is 17.1. The van der Waals surface area contributed by atoms with Crippen LogP contribution < -0.4 is 4.90 Å². The minimum Gasteiger partial charge on any atom is -0.376 e. The number of carbonyl (C=O) groups is 1. The minimum absolute atomic E-state index is 0.0574. The molecule has 0 aliphatic carbocycles. The van der Waals surface area contributed by atoms with Crippen molar-refractivity contribution in [2.75, 3.05) is 18.1 Å². The summed E-state index contributed by atoms with van der Waals surface area (Å²) < 4.78 is 8.51. The summed E-state index contributed by atoms with van der Waals surface area (Å²) in [6, 6.07) is 5.96. The smallest absolute Gasteiger partial charge is 0.278 e. The van der Waals surface area contributed by atoms with E-state index in [9.17, 15) is 4.79 Å². The number of hydrogen-bond donors (Lipinski definition) is 0. The molecule has 0 radical (unpaired) electrons. The average molecular weight is 370 g/mol. The van der Waals surface area contributed by atoms with Crippen molar-refractivity contribution in [3.63, 3.8) is 0 Å². The zero-order valence-corrected chi connectivity index (χ0v) is 16.0. The van der Waals surface area contributed by atoms with Gasteiger partial charge in [0.25, 0.3) is 5.91 Å². The van der Waals surface area contributed by atoms with Crippen LogP contribution in [-0.4, -0.2) is 39.9 Å². The molecular weight excluding hydrogens is 348 g/mol. The molecule has 1 aromatic carbocycles. The summed E-state index contributed by atoms with van der Waals surface area (Å²) in [4.78, 5) is 19.8. The van der Waals surface area contributed by atoms with Gasteiger partial charge in [-0.15, -0.1) is 0 Å². The Morgan fingerprint density at radius 3 is 2.96 bits per heavy atom. The molecule has 7 heteroatoms. The lowest BCUT2D eigenvalue weighted by Gasteiger charge is -2.22. The van der Waals surface area contributed by atoms with Crippen LogP contribution in [0.25, 0.3) is 10.2 Å². The summed E-state index contributed by atoms with van der Waals surface area (Å²) in [6.07, 6.45) is 3.71. The van der Waals surface area contributed by atoms with Gasteiger partial charge in [0, 0.05) is 19.9 Å². The number of hydrogen-bond acceptors (Lipinski definition) is 5. The standard InChI is InChI=1S/C19H22N4O2S/c1-12-9-13(2)17-15(10-12)21-19(26-17)23(11-14-5-4-8-25-14)18(24)16-6-7-20-22(16)3/h6-7,9-10,14H,4-5,8,11H2,1-3H3. The molecular formula is C19H22N4O2S. The first kappa shape index (κ1) is 17.2. The second-order valence-corrected chi connectivity index (χ2v) is 7.79. The molecule has 3 aromatic rings. The van der Waals surface area contributed by atoms with Gasteiger partial charge in [-0.3, -0.25) is 14.4 Å². The summed E-state index contributed by atoms with van der Waals surface area (Å²) in [5, 5.41) is 4.85. The lowest BCUT2D eigenvalue weighted by atomic mass is 10.1. The first-order chi connectivity index (χ1) is 12.5. The molecule has 0 N–H and O–H groups in total. The molecule has 1 aliphatic heterocycles. The molecule has 1 aliphatic rings. The van der Waals surface area contributed by atoms with E-state index < -0.39 is 0 Å². The van der Waals surface area contributed by atoms with E-state index in [4.69, 9.17) is 9.72 Å². The topological polar surface area (TPSA) is 60.2 Å². The largest absolute Gasteiger partial charge is 0.376 e. The van der Waals surface area contributed by atoms with E-state index in [1.54, 1.807) is 40.2 Å². The van der Waals surface area contributed by atoms with Crippen molar-refractivity contribution in [3.05, 3.63) is 41.2 Å². The van der Waals surface area contributed by atoms with Gasteiger partial charge < -0.3 is 4.74 Å². The monoisotopic (exact) mass is 370 g/mol. The number of anilines is 1. The zero-order valence-electron chi connectivity index (χ0n) is 15.2. The highest BCUT2D eigenvalue weighted by molar-refractivity contribution is 7.22. The quantitative estimate of drug-likeness (QED) is 0.705. The number of nitrogens with zero attached hydrogens (tertiary/aromatic N) is 4. The van der Waals surface area contributed by atoms with Crippen LogP contribution in [-0.2, 0) is 11.8 Å². The number of benzene rings is 1. The zero-order chi connectivity index (χ0) is 18.3. The van der Waals surface area contributed by atoms with E-state index in [1.165, 1.54) is 11.1 Å². The van der Waals surface area contributed by atoms with Gasteiger partial charge in [-0.25, -0.2) is 4.98 Å². The Morgan fingerprint density at radius 1 is 1.42 bits per heavy atom. The fraction of sp³-hybridized carbons (Fsp3) is 0.421. The molecule has 0 bridgehead atoms. The van der Waals surface area contributed by atoms with Gasteiger partial charge in [0.05, 0.1) is 22.9 Å². The van der Waals surface area contributed by atoms with E-state index in [1.807, 2.05) is 0 Å². The molecule has 1 saturated heterocycles. The van der Waals surface area contributed by atoms with Crippen molar-refractivity contribution in [1.29, 1.82) is 0 Å². The van der Waals surface area contributed by atoms with Crippen LogP contribution in [0.2, 0.25) is 0 Å². The second-order valence-electron chi connectivity index (χ2n) is 6.82. The summed E-state index contributed by atoms with van der Waals surface area (Å²) in [6.45, 7) is 5.43.